The van der Waals surface area contributed by atoms with E-state index in [1.807, 2.05) is 18.4 Å². The predicted octanol–water partition coefficient (Wildman–Crippen LogP) is 3.14. The molecular weight excluding hydrogens is 373 g/mol. The van der Waals surface area contributed by atoms with Gasteiger partial charge in [0.25, 0.3) is 0 Å². The third-order valence-electron chi connectivity index (χ3n) is 4.92. The first-order valence-corrected chi connectivity index (χ1v) is 9.72. The third-order valence-corrected chi connectivity index (χ3v) is 4.92. The molecule has 3 rings (SSSR count). The van der Waals surface area contributed by atoms with Crippen LogP contribution in [0.5, 0.6) is 0 Å². The zero-order valence-electron chi connectivity index (χ0n) is 17.2. The van der Waals surface area contributed by atoms with Crippen LogP contribution in [0.15, 0.2) is 24.5 Å². The van der Waals surface area contributed by atoms with Crippen LogP contribution in [-0.4, -0.2) is 36.3 Å². The van der Waals surface area contributed by atoms with Crippen LogP contribution in [0.25, 0.3) is 11.2 Å². The van der Waals surface area contributed by atoms with Crippen LogP contribution < -0.4 is 16.4 Å². The number of halogens is 1. The highest BCUT2D eigenvalue weighted by Crippen LogP contribution is 2.24. The molecule has 0 saturated heterocycles. The van der Waals surface area contributed by atoms with Gasteiger partial charge in [0.2, 0.25) is 5.95 Å². The summed E-state index contributed by atoms with van der Waals surface area (Å²) in [4.78, 5) is 13.6. The Bertz CT molecular complexity index is 996. The molecule has 1 aromatic carbocycles. The summed E-state index contributed by atoms with van der Waals surface area (Å²) in [5, 5.41) is 16.8. The van der Waals surface area contributed by atoms with Gasteiger partial charge in [0, 0.05) is 18.8 Å². The molecule has 0 aliphatic heterocycles. The second kappa shape index (κ2) is 8.20. The van der Waals surface area contributed by atoms with E-state index in [0.29, 0.717) is 47.1 Å². The number of nitrogens with zero attached hydrogens (tertiary/aromatic N) is 4. The van der Waals surface area contributed by atoms with Crippen LogP contribution >= 0.6 is 0 Å². The summed E-state index contributed by atoms with van der Waals surface area (Å²) in [7, 11) is 0. The van der Waals surface area contributed by atoms with Crippen molar-refractivity contribution in [3.8, 4) is 0 Å². The topological polar surface area (TPSA) is 114 Å². The van der Waals surface area contributed by atoms with Gasteiger partial charge in [-0.1, -0.05) is 6.92 Å². The fraction of sp³-hybridized carbons (Fsp3) is 0.450. The number of benzene rings is 1. The summed E-state index contributed by atoms with van der Waals surface area (Å²) in [6.45, 7) is 8.46. The van der Waals surface area contributed by atoms with Gasteiger partial charge < -0.3 is 26.0 Å². The summed E-state index contributed by atoms with van der Waals surface area (Å²) < 4.78 is 15.5. The first-order chi connectivity index (χ1) is 13.7. The van der Waals surface area contributed by atoms with Crippen LogP contribution in [-0.2, 0) is 13.1 Å². The molecule has 8 nitrogen and oxygen atoms in total. The highest BCUT2D eigenvalue weighted by atomic mass is 19.1. The molecular formula is C20H28FN7O. The van der Waals surface area contributed by atoms with Gasteiger partial charge in [0.15, 0.2) is 17.0 Å². The standard InChI is InChI=1S/C20H28FN7O/c1-5-15(20(3,4)29)25-19-26-17(16-18(27-19)28(6-2)11-24-16)23-10-12-9-13(21)7-8-14(12)22/h7-9,11,15,29H,5-6,10,22H2,1-4H3,(H2,23,25,26,27). The van der Waals surface area contributed by atoms with E-state index >= 15 is 0 Å². The third kappa shape index (κ3) is 4.56. The van der Waals surface area contributed by atoms with Crippen molar-refractivity contribution in [2.24, 2.45) is 0 Å². The number of aromatic nitrogens is 4. The predicted molar refractivity (Wildman–Crippen MR) is 113 cm³/mol. The van der Waals surface area contributed by atoms with Crippen LogP contribution in [0.1, 0.15) is 39.7 Å². The average Bonchev–Trinajstić information content (AvgIpc) is 3.08. The molecule has 0 fully saturated rings. The van der Waals surface area contributed by atoms with Crippen molar-refractivity contribution < 1.29 is 9.50 Å². The Morgan fingerprint density at radius 2 is 2.03 bits per heavy atom. The Hall–Kier alpha value is -2.94. The summed E-state index contributed by atoms with van der Waals surface area (Å²) in [5.41, 5.74) is 7.42. The second-order valence-corrected chi connectivity index (χ2v) is 7.55. The molecule has 0 aliphatic carbocycles. The number of rotatable bonds is 8. The van der Waals surface area contributed by atoms with Crippen molar-refractivity contribution in [1.82, 2.24) is 19.5 Å². The average molecular weight is 401 g/mol. The molecule has 0 amide bonds. The Morgan fingerprint density at radius 1 is 1.28 bits per heavy atom. The number of hydrogen-bond donors (Lipinski definition) is 4. The zero-order valence-corrected chi connectivity index (χ0v) is 17.2. The molecule has 1 unspecified atom stereocenters. The minimum absolute atomic E-state index is 0.232. The van der Waals surface area contributed by atoms with Gasteiger partial charge >= 0.3 is 0 Å². The molecule has 1 atom stereocenters. The van der Waals surface area contributed by atoms with Crippen molar-refractivity contribution in [2.45, 2.75) is 58.8 Å². The van der Waals surface area contributed by atoms with E-state index in [2.05, 4.69) is 25.6 Å². The monoisotopic (exact) mass is 401 g/mol. The lowest BCUT2D eigenvalue weighted by Gasteiger charge is -2.29. The van der Waals surface area contributed by atoms with E-state index in [0.717, 1.165) is 0 Å². The maximum Gasteiger partial charge on any atom is 0.227 e. The van der Waals surface area contributed by atoms with Gasteiger partial charge in [-0.3, -0.25) is 0 Å². The smallest absolute Gasteiger partial charge is 0.227 e. The molecule has 2 aromatic heterocycles. The molecule has 29 heavy (non-hydrogen) atoms. The quantitative estimate of drug-likeness (QED) is 0.429. The van der Waals surface area contributed by atoms with Crippen LogP contribution in [0.4, 0.5) is 21.8 Å². The van der Waals surface area contributed by atoms with Crippen molar-refractivity contribution in [3.05, 3.63) is 35.9 Å². The largest absolute Gasteiger partial charge is 0.398 e. The minimum atomic E-state index is -0.943. The van der Waals surface area contributed by atoms with Gasteiger partial charge in [-0.05, 0) is 51.0 Å². The Labute approximate surface area is 169 Å². The van der Waals surface area contributed by atoms with Gasteiger partial charge in [-0.2, -0.15) is 9.97 Å². The molecule has 0 aliphatic rings. The van der Waals surface area contributed by atoms with E-state index in [4.69, 9.17) is 5.73 Å². The lowest BCUT2D eigenvalue weighted by molar-refractivity contribution is 0.0577. The maximum absolute atomic E-state index is 13.6. The van der Waals surface area contributed by atoms with Crippen LogP contribution in [0, 0.1) is 5.82 Å². The number of nitrogens with two attached hydrogens (primary N) is 1. The second-order valence-electron chi connectivity index (χ2n) is 7.55. The number of imidazole rings is 1. The molecule has 0 bridgehead atoms. The Balaban J connectivity index is 1.96. The fourth-order valence-corrected chi connectivity index (χ4v) is 3.20. The van der Waals surface area contributed by atoms with E-state index in [9.17, 15) is 9.50 Å². The molecule has 9 heteroatoms. The van der Waals surface area contributed by atoms with Gasteiger partial charge in [-0.25, -0.2) is 9.37 Å². The first kappa shape index (κ1) is 20.8. The van der Waals surface area contributed by atoms with E-state index in [-0.39, 0.29) is 18.4 Å². The number of fused-ring (bicyclic) bond motifs is 1. The van der Waals surface area contributed by atoms with Crippen LogP contribution in [0.2, 0.25) is 0 Å². The van der Waals surface area contributed by atoms with Crippen molar-refractivity contribution in [3.63, 3.8) is 0 Å². The number of hydrogen-bond acceptors (Lipinski definition) is 7. The molecule has 156 valence electrons. The summed E-state index contributed by atoms with van der Waals surface area (Å²) in [5.74, 6) is 0.549. The lowest BCUT2D eigenvalue weighted by atomic mass is 9.97. The number of nitrogen functional groups attached to an aromatic ring is 1. The van der Waals surface area contributed by atoms with E-state index in [1.54, 1.807) is 20.2 Å². The lowest BCUT2D eigenvalue weighted by Crippen LogP contribution is -2.41. The molecule has 2 heterocycles. The zero-order chi connectivity index (χ0) is 21.2. The van der Waals surface area contributed by atoms with Crippen molar-refractivity contribution in [2.75, 3.05) is 16.4 Å². The summed E-state index contributed by atoms with van der Waals surface area (Å²) in [6.07, 6.45) is 2.40. The number of nitrogens with one attached hydrogen (secondary N) is 2. The SMILES string of the molecule is CCC(Nc1nc(NCc2cc(F)ccc2N)c2ncn(CC)c2n1)C(C)(C)O. The van der Waals surface area contributed by atoms with Gasteiger partial charge in [0.1, 0.15) is 5.82 Å². The highest BCUT2D eigenvalue weighted by Gasteiger charge is 2.26. The number of aryl methyl sites for hydroxylation is 1. The minimum Gasteiger partial charge on any atom is -0.398 e. The van der Waals surface area contributed by atoms with E-state index < -0.39 is 5.60 Å². The normalized spacial score (nSPS) is 12.9. The molecule has 0 radical (unpaired) electrons. The van der Waals surface area contributed by atoms with Crippen molar-refractivity contribution in [1.29, 1.82) is 0 Å². The Kier molecular flexibility index (Phi) is 5.88. The summed E-state index contributed by atoms with van der Waals surface area (Å²) >= 11 is 0. The number of aliphatic hydroxyl groups is 1. The van der Waals surface area contributed by atoms with Crippen molar-refractivity contribution >= 4 is 28.6 Å². The van der Waals surface area contributed by atoms with Gasteiger partial charge in [-0.15, -0.1) is 0 Å². The van der Waals surface area contributed by atoms with Gasteiger partial charge in [0.05, 0.1) is 18.0 Å². The first-order valence-electron chi connectivity index (χ1n) is 9.72. The highest BCUT2D eigenvalue weighted by molar-refractivity contribution is 5.84. The number of anilines is 3. The van der Waals surface area contributed by atoms with Crippen LogP contribution in [0.3, 0.4) is 0 Å². The molecule has 5 N–H and O–H groups in total. The maximum atomic E-state index is 13.6. The molecule has 0 saturated carbocycles. The fourth-order valence-electron chi connectivity index (χ4n) is 3.20. The molecule has 3 aromatic rings. The molecule has 0 spiro atoms. The summed E-state index contributed by atoms with van der Waals surface area (Å²) in [6, 6.07) is 4.03. The Morgan fingerprint density at radius 3 is 2.69 bits per heavy atom. The van der Waals surface area contributed by atoms with E-state index in [1.165, 1.54) is 18.2 Å².